The summed E-state index contributed by atoms with van der Waals surface area (Å²) in [4.78, 5) is 1.46. The van der Waals surface area contributed by atoms with E-state index in [0.717, 1.165) is 0 Å². The molecule has 20 heavy (non-hydrogen) atoms. The number of nitrogen functional groups attached to an aromatic ring is 1. The molecule has 7 nitrogen and oxygen atoms in total. The van der Waals surface area contributed by atoms with E-state index in [4.69, 9.17) is 16.3 Å². The summed E-state index contributed by atoms with van der Waals surface area (Å²) in [5, 5.41) is 17.5. The van der Waals surface area contributed by atoms with Crippen LogP contribution in [0.4, 0.5) is 11.4 Å². The van der Waals surface area contributed by atoms with E-state index < -0.39 is 10.0 Å². The van der Waals surface area contributed by atoms with Crippen molar-refractivity contribution < 1.29 is 8.42 Å². The molecule has 0 amide bonds. The van der Waals surface area contributed by atoms with Gasteiger partial charge in [0.2, 0.25) is 10.0 Å². The molecule has 0 spiro atoms. The molecule has 0 atom stereocenters. The second-order valence-corrected chi connectivity index (χ2v) is 5.66. The number of rotatable bonds is 6. The van der Waals surface area contributed by atoms with Gasteiger partial charge in [-0.3, -0.25) is 0 Å². The number of nitrogens with zero attached hydrogens (tertiary/aromatic N) is 3. The second kappa shape index (κ2) is 6.75. The molecular formula is C12H15N5O2S. The van der Waals surface area contributed by atoms with E-state index in [0.29, 0.717) is 11.4 Å². The van der Waals surface area contributed by atoms with Crippen LogP contribution in [-0.4, -0.2) is 28.1 Å². The Morgan fingerprint density at radius 1 is 1.30 bits per heavy atom. The Kier molecular flexibility index (Phi) is 5.32. The number of benzene rings is 1. The average Bonchev–Trinajstić information content (AvgIpc) is 2.39. The molecule has 1 aromatic rings. The third kappa shape index (κ3) is 3.60. The van der Waals surface area contributed by atoms with Crippen molar-refractivity contribution in [2.45, 2.75) is 11.8 Å². The van der Waals surface area contributed by atoms with Crippen molar-refractivity contribution in [3.8, 4) is 12.1 Å². The number of hydrogen-bond acceptors (Lipinski definition) is 6. The SMILES string of the molecule is CCNS(=O)(=O)c1ccc(N)c(N(CC#N)CC#N)c1. The first-order chi connectivity index (χ1) is 9.46. The molecule has 0 heterocycles. The van der Waals surface area contributed by atoms with E-state index in [9.17, 15) is 8.42 Å². The van der Waals surface area contributed by atoms with Gasteiger partial charge in [-0.1, -0.05) is 6.92 Å². The van der Waals surface area contributed by atoms with Crippen LogP contribution in [0.2, 0.25) is 0 Å². The van der Waals surface area contributed by atoms with Gasteiger partial charge in [-0.15, -0.1) is 0 Å². The molecule has 1 rings (SSSR count). The maximum absolute atomic E-state index is 11.9. The lowest BCUT2D eigenvalue weighted by atomic mass is 10.2. The van der Waals surface area contributed by atoms with Crippen LogP contribution >= 0.6 is 0 Å². The summed E-state index contributed by atoms with van der Waals surface area (Å²) in [5.74, 6) is 0. The molecule has 0 saturated carbocycles. The van der Waals surface area contributed by atoms with Crippen molar-refractivity contribution in [1.29, 1.82) is 10.5 Å². The molecule has 0 saturated heterocycles. The van der Waals surface area contributed by atoms with Gasteiger partial charge in [-0.05, 0) is 18.2 Å². The predicted octanol–water partition coefficient (Wildman–Crippen LogP) is 0.421. The van der Waals surface area contributed by atoms with Gasteiger partial charge in [-0.2, -0.15) is 10.5 Å². The summed E-state index contributed by atoms with van der Waals surface area (Å²) in [6, 6.07) is 8.02. The lowest BCUT2D eigenvalue weighted by Gasteiger charge is -2.20. The molecule has 0 bridgehead atoms. The van der Waals surface area contributed by atoms with Crippen LogP contribution in [0.3, 0.4) is 0 Å². The minimum atomic E-state index is -3.61. The van der Waals surface area contributed by atoms with Crippen LogP contribution in [0.15, 0.2) is 23.1 Å². The lowest BCUT2D eigenvalue weighted by Crippen LogP contribution is -2.26. The topological polar surface area (TPSA) is 123 Å². The van der Waals surface area contributed by atoms with E-state index >= 15 is 0 Å². The minimum absolute atomic E-state index is 0.0458. The lowest BCUT2D eigenvalue weighted by molar-refractivity contribution is 0.584. The molecule has 106 valence electrons. The minimum Gasteiger partial charge on any atom is -0.397 e. The van der Waals surface area contributed by atoms with E-state index in [1.807, 2.05) is 12.1 Å². The standard InChI is InChI=1S/C12H15N5O2S/c1-2-16-20(18,19)10-3-4-11(15)12(9-10)17(7-5-13)8-6-14/h3-4,9,16H,2,7-8,15H2,1H3. The molecule has 3 N–H and O–H groups in total. The van der Waals surface area contributed by atoms with Crippen LogP contribution in [0.25, 0.3) is 0 Å². The zero-order valence-corrected chi connectivity index (χ0v) is 11.8. The van der Waals surface area contributed by atoms with Crippen molar-refractivity contribution in [3.63, 3.8) is 0 Å². The maximum Gasteiger partial charge on any atom is 0.240 e. The van der Waals surface area contributed by atoms with Gasteiger partial charge in [0.1, 0.15) is 13.1 Å². The van der Waals surface area contributed by atoms with Crippen molar-refractivity contribution in [1.82, 2.24) is 4.72 Å². The molecule has 0 aliphatic heterocycles. The summed E-state index contributed by atoms with van der Waals surface area (Å²) in [5.41, 5.74) is 6.46. The van der Waals surface area contributed by atoms with Crippen LogP contribution < -0.4 is 15.4 Å². The smallest absolute Gasteiger partial charge is 0.240 e. The molecule has 0 aliphatic carbocycles. The average molecular weight is 293 g/mol. The number of sulfonamides is 1. The highest BCUT2D eigenvalue weighted by atomic mass is 32.2. The van der Waals surface area contributed by atoms with Crippen LogP contribution in [0, 0.1) is 22.7 Å². The number of anilines is 2. The summed E-state index contributed by atoms with van der Waals surface area (Å²) in [7, 11) is -3.61. The van der Waals surface area contributed by atoms with Crippen LogP contribution in [0.5, 0.6) is 0 Å². The third-order valence-electron chi connectivity index (χ3n) is 2.51. The summed E-state index contributed by atoms with van der Waals surface area (Å²) < 4.78 is 26.2. The fourth-order valence-electron chi connectivity index (χ4n) is 1.63. The third-order valence-corrected chi connectivity index (χ3v) is 4.05. The second-order valence-electron chi connectivity index (χ2n) is 3.89. The van der Waals surface area contributed by atoms with Gasteiger partial charge in [0.25, 0.3) is 0 Å². The van der Waals surface area contributed by atoms with Crippen molar-refractivity contribution in [2.75, 3.05) is 30.3 Å². The van der Waals surface area contributed by atoms with E-state index in [1.165, 1.54) is 23.1 Å². The molecule has 0 fully saturated rings. The Hall–Kier alpha value is -2.29. The van der Waals surface area contributed by atoms with Gasteiger partial charge in [0.15, 0.2) is 0 Å². The van der Waals surface area contributed by atoms with Crippen molar-refractivity contribution in [3.05, 3.63) is 18.2 Å². The summed E-state index contributed by atoms with van der Waals surface area (Å²) in [6.07, 6.45) is 0. The van der Waals surface area contributed by atoms with E-state index in [2.05, 4.69) is 4.72 Å². The Morgan fingerprint density at radius 2 is 1.90 bits per heavy atom. The zero-order valence-electron chi connectivity index (χ0n) is 11.0. The first-order valence-corrected chi connectivity index (χ1v) is 7.32. The largest absolute Gasteiger partial charge is 0.397 e. The van der Waals surface area contributed by atoms with Crippen molar-refractivity contribution in [2.24, 2.45) is 0 Å². The van der Waals surface area contributed by atoms with Crippen LogP contribution in [-0.2, 0) is 10.0 Å². The highest BCUT2D eigenvalue weighted by Crippen LogP contribution is 2.26. The summed E-state index contributed by atoms with van der Waals surface area (Å²) >= 11 is 0. The number of nitriles is 2. The monoisotopic (exact) mass is 293 g/mol. The predicted molar refractivity (Wildman–Crippen MR) is 75.2 cm³/mol. The molecule has 1 aromatic carbocycles. The Balaban J connectivity index is 3.28. The Labute approximate surface area is 118 Å². The molecule has 0 aliphatic rings. The highest BCUT2D eigenvalue weighted by molar-refractivity contribution is 7.89. The Morgan fingerprint density at radius 3 is 2.40 bits per heavy atom. The maximum atomic E-state index is 11.9. The molecular weight excluding hydrogens is 278 g/mol. The van der Waals surface area contributed by atoms with Gasteiger partial charge in [0, 0.05) is 6.54 Å². The van der Waals surface area contributed by atoms with Gasteiger partial charge in [-0.25, -0.2) is 13.1 Å². The molecule has 0 radical (unpaired) electrons. The summed E-state index contributed by atoms with van der Waals surface area (Å²) in [6.45, 7) is 1.83. The fraction of sp³-hybridized carbons (Fsp3) is 0.333. The first-order valence-electron chi connectivity index (χ1n) is 5.84. The van der Waals surface area contributed by atoms with Gasteiger partial charge >= 0.3 is 0 Å². The fourth-order valence-corrected chi connectivity index (χ4v) is 2.70. The van der Waals surface area contributed by atoms with E-state index in [-0.39, 0.29) is 24.5 Å². The first kappa shape index (κ1) is 15.8. The van der Waals surface area contributed by atoms with Crippen molar-refractivity contribution >= 4 is 21.4 Å². The highest BCUT2D eigenvalue weighted by Gasteiger charge is 2.17. The molecule has 0 aromatic heterocycles. The number of nitrogens with one attached hydrogen (secondary N) is 1. The molecule has 8 heteroatoms. The van der Waals surface area contributed by atoms with Gasteiger partial charge < -0.3 is 10.6 Å². The quantitative estimate of drug-likeness (QED) is 0.578. The zero-order chi connectivity index (χ0) is 15.2. The normalized spacial score (nSPS) is 10.6. The number of hydrogen-bond donors (Lipinski definition) is 2. The Bertz CT molecular complexity index is 641. The van der Waals surface area contributed by atoms with E-state index in [1.54, 1.807) is 6.92 Å². The molecule has 0 unspecified atom stereocenters. The van der Waals surface area contributed by atoms with Gasteiger partial charge in [0.05, 0.1) is 28.4 Å². The number of nitrogens with two attached hydrogens (primary N) is 1. The van der Waals surface area contributed by atoms with Crippen LogP contribution in [0.1, 0.15) is 6.92 Å².